The number of fused-ring (bicyclic) bond motifs is 1. The lowest BCUT2D eigenvalue weighted by atomic mass is 10.0. The normalized spacial score (nSPS) is 15.9. The van der Waals surface area contributed by atoms with E-state index in [2.05, 4.69) is 12.2 Å². The van der Waals surface area contributed by atoms with E-state index in [0.717, 1.165) is 17.9 Å². The molecule has 1 N–H and O–H groups in total. The summed E-state index contributed by atoms with van der Waals surface area (Å²) in [6.45, 7) is 9.61. The zero-order valence-corrected chi connectivity index (χ0v) is 11.3. The maximum Gasteiger partial charge on any atom is 0.268 e. The highest BCUT2D eigenvalue weighted by molar-refractivity contribution is 6.00. The van der Waals surface area contributed by atoms with Crippen molar-refractivity contribution in [1.82, 2.24) is 0 Å². The van der Waals surface area contributed by atoms with Crippen LogP contribution in [0.1, 0.15) is 40.2 Å². The lowest BCUT2D eigenvalue weighted by molar-refractivity contribution is -0.129. The van der Waals surface area contributed by atoms with E-state index in [-0.39, 0.29) is 5.91 Å². The van der Waals surface area contributed by atoms with Gasteiger partial charge >= 0.3 is 0 Å². The first kappa shape index (κ1) is 13.6. The van der Waals surface area contributed by atoms with Crippen LogP contribution in [0.3, 0.4) is 0 Å². The Balaban J connectivity index is 0.000000686. The molecule has 1 aromatic carbocycles. The van der Waals surface area contributed by atoms with Gasteiger partial charge in [0.1, 0.15) is 5.75 Å². The molecule has 1 amide bonds. The molecule has 94 valence electrons. The lowest BCUT2D eigenvalue weighted by Gasteiger charge is -2.31. The Bertz CT molecular complexity index is 411. The quantitative estimate of drug-likeness (QED) is 0.810. The van der Waals surface area contributed by atoms with Crippen molar-refractivity contribution in [2.24, 2.45) is 0 Å². The number of benzene rings is 1. The van der Waals surface area contributed by atoms with Gasteiger partial charge in [0.2, 0.25) is 0 Å². The Morgan fingerprint density at radius 3 is 2.53 bits per heavy atom. The largest absolute Gasteiger partial charge is 0.476 e. The van der Waals surface area contributed by atoms with E-state index in [9.17, 15) is 4.79 Å². The highest BCUT2D eigenvalue weighted by atomic mass is 16.5. The van der Waals surface area contributed by atoms with E-state index < -0.39 is 5.60 Å². The third-order valence-electron chi connectivity index (χ3n) is 2.61. The van der Waals surface area contributed by atoms with Crippen molar-refractivity contribution in [3.63, 3.8) is 0 Å². The predicted octanol–water partition coefficient (Wildman–Crippen LogP) is 3.38. The fourth-order valence-electron chi connectivity index (χ4n) is 1.58. The number of nitrogens with one attached hydrogen (secondary N) is 1. The molecule has 1 aromatic rings. The summed E-state index contributed by atoms with van der Waals surface area (Å²) in [5.74, 6) is 0.653. The summed E-state index contributed by atoms with van der Waals surface area (Å²) >= 11 is 0. The van der Waals surface area contributed by atoms with Crippen LogP contribution in [-0.2, 0) is 11.2 Å². The van der Waals surface area contributed by atoms with Gasteiger partial charge in [-0.1, -0.05) is 26.8 Å². The minimum absolute atomic E-state index is 0.0942. The molecule has 1 aliphatic heterocycles. The molecule has 2 rings (SSSR count). The highest BCUT2D eigenvalue weighted by Crippen LogP contribution is 2.34. The Hall–Kier alpha value is -1.51. The molecule has 0 fully saturated rings. The van der Waals surface area contributed by atoms with Gasteiger partial charge in [-0.15, -0.1) is 0 Å². The van der Waals surface area contributed by atoms with E-state index in [1.54, 1.807) is 13.8 Å². The number of rotatable bonds is 1. The minimum Gasteiger partial charge on any atom is -0.476 e. The molecule has 3 nitrogen and oxygen atoms in total. The van der Waals surface area contributed by atoms with Gasteiger partial charge in [0, 0.05) is 0 Å². The minimum atomic E-state index is -0.777. The van der Waals surface area contributed by atoms with E-state index in [4.69, 9.17) is 4.74 Å². The summed E-state index contributed by atoms with van der Waals surface area (Å²) in [5.41, 5.74) is 1.19. The van der Waals surface area contributed by atoms with Gasteiger partial charge in [-0.05, 0) is 38.0 Å². The van der Waals surface area contributed by atoms with Crippen LogP contribution in [0.2, 0.25) is 0 Å². The molecule has 0 aliphatic carbocycles. The number of hydrogen-bond acceptors (Lipinski definition) is 2. The maximum atomic E-state index is 11.6. The van der Waals surface area contributed by atoms with Crippen LogP contribution in [0.25, 0.3) is 0 Å². The summed E-state index contributed by atoms with van der Waals surface area (Å²) in [5, 5.41) is 2.86. The standard InChI is InChI=1S/C12H15NO2.C2H6/c1-4-8-5-6-10-9(7-8)13-11(14)12(2,3)15-10;1-2/h5-7H,4H2,1-3H3,(H,13,14);1-2H3. The van der Waals surface area contributed by atoms with Crippen LogP contribution >= 0.6 is 0 Å². The van der Waals surface area contributed by atoms with Crippen LogP contribution in [0, 0.1) is 0 Å². The van der Waals surface area contributed by atoms with E-state index >= 15 is 0 Å². The van der Waals surface area contributed by atoms with Crippen LogP contribution < -0.4 is 10.1 Å². The summed E-state index contributed by atoms with van der Waals surface area (Å²) in [6.07, 6.45) is 0.951. The van der Waals surface area contributed by atoms with Crippen molar-refractivity contribution < 1.29 is 9.53 Å². The van der Waals surface area contributed by atoms with Crippen LogP contribution in [0.5, 0.6) is 5.75 Å². The average Bonchev–Trinajstić information content (AvgIpc) is 2.32. The van der Waals surface area contributed by atoms with Crippen molar-refractivity contribution in [2.45, 2.75) is 46.6 Å². The maximum absolute atomic E-state index is 11.6. The Labute approximate surface area is 103 Å². The summed E-state index contributed by atoms with van der Waals surface area (Å²) in [6, 6.07) is 5.89. The van der Waals surface area contributed by atoms with Gasteiger partial charge in [0.25, 0.3) is 5.91 Å². The zero-order valence-electron chi connectivity index (χ0n) is 11.3. The highest BCUT2D eigenvalue weighted by Gasteiger charge is 2.35. The van der Waals surface area contributed by atoms with Gasteiger partial charge < -0.3 is 10.1 Å². The number of anilines is 1. The van der Waals surface area contributed by atoms with Crippen molar-refractivity contribution in [3.8, 4) is 5.75 Å². The van der Waals surface area contributed by atoms with Crippen LogP contribution in [0.15, 0.2) is 18.2 Å². The summed E-state index contributed by atoms with van der Waals surface area (Å²) in [7, 11) is 0. The van der Waals surface area contributed by atoms with Crippen molar-refractivity contribution >= 4 is 11.6 Å². The Kier molecular flexibility index (Phi) is 4.16. The fraction of sp³-hybridized carbons (Fsp3) is 0.500. The van der Waals surface area contributed by atoms with Gasteiger partial charge in [-0.25, -0.2) is 0 Å². The molecule has 1 heterocycles. The molecule has 0 radical (unpaired) electrons. The Morgan fingerprint density at radius 2 is 1.94 bits per heavy atom. The summed E-state index contributed by atoms with van der Waals surface area (Å²) < 4.78 is 5.62. The first-order valence-corrected chi connectivity index (χ1v) is 6.16. The van der Waals surface area contributed by atoms with Gasteiger partial charge in [-0.2, -0.15) is 0 Å². The zero-order chi connectivity index (χ0) is 13.1. The van der Waals surface area contributed by atoms with Gasteiger partial charge in [0.15, 0.2) is 5.60 Å². The van der Waals surface area contributed by atoms with Crippen molar-refractivity contribution in [2.75, 3.05) is 5.32 Å². The molecule has 0 unspecified atom stereocenters. The first-order valence-electron chi connectivity index (χ1n) is 6.16. The molecule has 17 heavy (non-hydrogen) atoms. The lowest BCUT2D eigenvalue weighted by Crippen LogP contribution is -2.45. The SMILES string of the molecule is CC.CCc1ccc2c(c1)NC(=O)C(C)(C)O2. The number of amides is 1. The second kappa shape index (κ2) is 5.21. The van der Waals surface area contributed by atoms with Gasteiger partial charge in [0.05, 0.1) is 5.69 Å². The number of ether oxygens (including phenoxy) is 1. The smallest absolute Gasteiger partial charge is 0.268 e. The molecular weight excluding hydrogens is 214 g/mol. The van der Waals surface area contributed by atoms with Crippen molar-refractivity contribution in [1.29, 1.82) is 0 Å². The second-order valence-electron chi connectivity index (χ2n) is 4.25. The third kappa shape index (κ3) is 2.78. The van der Waals surface area contributed by atoms with Crippen LogP contribution in [0.4, 0.5) is 5.69 Å². The first-order chi connectivity index (χ1) is 8.03. The van der Waals surface area contributed by atoms with E-state index in [1.165, 1.54) is 5.56 Å². The van der Waals surface area contributed by atoms with E-state index in [0.29, 0.717) is 0 Å². The van der Waals surface area contributed by atoms with Crippen LogP contribution in [-0.4, -0.2) is 11.5 Å². The molecule has 0 saturated heterocycles. The Morgan fingerprint density at radius 1 is 1.29 bits per heavy atom. The molecule has 1 aliphatic rings. The molecule has 0 aromatic heterocycles. The van der Waals surface area contributed by atoms with E-state index in [1.807, 2.05) is 32.0 Å². The number of hydrogen-bond donors (Lipinski definition) is 1. The molecule has 0 bridgehead atoms. The topological polar surface area (TPSA) is 38.3 Å². The average molecular weight is 235 g/mol. The predicted molar refractivity (Wildman–Crippen MR) is 70.5 cm³/mol. The molecular formula is C14H21NO2. The number of carbonyl (C=O) groups is 1. The van der Waals surface area contributed by atoms with Crippen molar-refractivity contribution in [3.05, 3.63) is 23.8 Å². The van der Waals surface area contributed by atoms with Gasteiger partial charge in [-0.3, -0.25) is 4.79 Å². The number of carbonyl (C=O) groups excluding carboxylic acids is 1. The molecule has 0 spiro atoms. The third-order valence-corrected chi connectivity index (χ3v) is 2.61. The molecule has 0 saturated carbocycles. The molecule has 3 heteroatoms. The summed E-state index contributed by atoms with van der Waals surface area (Å²) in [4.78, 5) is 11.6. The molecule has 0 atom stereocenters. The number of aryl methyl sites for hydroxylation is 1. The fourth-order valence-corrected chi connectivity index (χ4v) is 1.58. The monoisotopic (exact) mass is 235 g/mol. The second-order valence-corrected chi connectivity index (χ2v) is 4.25.